The zero-order valence-electron chi connectivity index (χ0n) is 17.7. The van der Waals surface area contributed by atoms with E-state index in [2.05, 4.69) is 4.99 Å². The van der Waals surface area contributed by atoms with Crippen molar-refractivity contribution in [2.24, 2.45) is 4.99 Å². The molecule has 0 spiro atoms. The van der Waals surface area contributed by atoms with Gasteiger partial charge in [0.2, 0.25) is 22.7 Å². The van der Waals surface area contributed by atoms with Crippen LogP contribution in [0.25, 0.3) is 6.08 Å². The van der Waals surface area contributed by atoms with Crippen LogP contribution in [-0.4, -0.2) is 49.4 Å². The van der Waals surface area contributed by atoms with Gasteiger partial charge >= 0.3 is 5.97 Å². The second-order valence-electron chi connectivity index (χ2n) is 6.97. The third kappa shape index (κ3) is 4.17. The standard InChI is InChI=1S/C21H19N3O8S/c1-3-23(4-2)33(28,29)15-7-5-13(6-8-15)20-22-16(21(25)32-20)9-14-10-18-19(31-12-30-18)11-17(14)24(26)27/h5-11H,3-4,12H2,1-2H3/b16-9+. The Morgan fingerprint density at radius 2 is 1.76 bits per heavy atom. The number of rotatable bonds is 7. The lowest BCUT2D eigenvalue weighted by atomic mass is 10.1. The quantitative estimate of drug-likeness (QED) is 0.259. The maximum Gasteiger partial charge on any atom is 0.363 e. The lowest BCUT2D eigenvalue weighted by Crippen LogP contribution is -2.30. The Hall–Kier alpha value is -3.77. The minimum atomic E-state index is -3.63. The van der Waals surface area contributed by atoms with Crippen LogP contribution in [0.1, 0.15) is 25.0 Å². The molecule has 2 aliphatic rings. The van der Waals surface area contributed by atoms with Gasteiger partial charge < -0.3 is 14.2 Å². The van der Waals surface area contributed by atoms with Crippen LogP contribution in [0, 0.1) is 10.1 Å². The number of cyclic esters (lactones) is 1. The second kappa shape index (κ2) is 8.64. The van der Waals surface area contributed by atoms with Crippen molar-refractivity contribution in [3.8, 4) is 11.5 Å². The Balaban J connectivity index is 1.65. The molecule has 0 saturated heterocycles. The molecule has 0 saturated carbocycles. The molecule has 2 aromatic rings. The van der Waals surface area contributed by atoms with Crippen LogP contribution in [0.3, 0.4) is 0 Å². The zero-order chi connectivity index (χ0) is 23.8. The van der Waals surface area contributed by atoms with Crippen LogP contribution in [0.15, 0.2) is 52.0 Å². The molecule has 0 bridgehead atoms. The SMILES string of the molecule is CCN(CC)S(=O)(=O)c1ccc(C2=N/C(=C/c3cc4c(cc3[N+](=O)[O-])OCO4)C(=O)O2)cc1. The Bertz CT molecular complexity index is 1300. The monoisotopic (exact) mass is 473 g/mol. The Morgan fingerprint density at radius 1 is 1.12 bits per heavy atom. The number of sulfonamides is 1. The predicted molar refractivity (Wildman–Crippen MR) is 116 cm³/mol. The van der Waals surface area contributed by atoms with E-state index >= 15 is 0 Å². The number of nitrogens with zero attached hydrogens (tertiary/aromatic N) is 3. The van der Waals surface area contributed by atoms with Crippen molar-refractivity contribution >= 4 is 33.7 Å². The molecule has 172 valence electrons. The van der Waals surface area contributed by atoms with E-state index in [9.17, 15) is 23.3 Å². The first kappa shape index (κ1) is 22.4. The van der Waals surface area contributed by atoms with Crippen LogP contribution in [0.4, 0.5) is 5.69 Å². The first-order valence-corrected chi connectivity index (χ1v) is 11.4. The van der Waals surface area contributed by atoms with Crippen LogP contribution >= 0.6 is 0 Å². The highest BCUT2D eigenvalue weighted by Crippen LogP contribution is 2.39. The number of carbonyl (C=O) groups excluding carboxylic acids is 1. The van der Waals surface area contributed by atoms with Gasteiger partial charge in [-0.2, -0.15) is 4.31 Å². The number of fused-ring (bicyclic) bond motifs is 1. The first-order chi connectivity index (χ1) is 15.7. The third-order valence-corrected chi connectivity index (χ3v) is 7.14. The van der Waals surface area contributed by atoms with Crippen LogP contribution < -0.4 is 9.47 Å². The molecule has 12 heteroatoms. The number of aliphatic imine (C=N–C) groups is 1. The third-order valence-electron chi connectivity index (χ3n) is 5.08. The first-order valence-electron chi connectivity index (χ1n) is 9.95. The molecule has 2 aromatic carbocycles. The van der Waals surface area contributed by atoms with Crippen molar-refractivity contribution in [2.75, 3.05) is 19.9 Å². The van der Waals surface area contributed by atoms with Gasteiger partial charge in [0.15, 0.2) is 17.2 Å². The molecule has 0 amide bonds. The van der Waals surface area contributed by atoms with E-state index in [1.54, 1.807) is 13.8 Å². The van der Waals surface area contributed by atoms with Gasteiger partial charge in [-0.25, -0.2) is 18.2 Å². The maximum atomic E-state index is 12.6. The van der Waals surface area contributed by atoms with E-state index < -0.39 is 20.9 Å². The summed E-state index contributed by atoms with van der Waals surface area (Å²) in [6.45, 7) is 4.12. The Morgan fingerprint density at radius 3 is 2.36 bits per heavy atom. The zero-order valence-corrected chi connectivity index (χ0v) is 18.5. The maximum absolute atomic E-state index is 12.6. The van der Waals surface area contributed by atoms with Crippen LogP contribution in [0.2, 0.25) is 0 Å². The number of carbonyl (C=O) groups is 1. The highest BCUT2D eigenvalue weighted by atomic mass is 32.2. The fraction of sp³-hybridized carbons (Fsp3) is 0.238. The molecule has 0 atom stereocenters. The van der Waals surface area contributed by atoms with Crippen molar-refractivity contribution in [3.63, 3.8) is 0 Å². The molecule has 11 nitrogen and oxygen atoms in total. The summed E-state index contributed by atoms with van der Waals surface area (Å²) in [5.74, 6) is -0.284. The highest BCUT2D eigenvalue weighted by molar-refractivity contribution is 7.89. The van der Waals surface area contributed by atoms with Gasteiger partial charge in [0.25, 0.3) is 5.69 Å². The summed E-state index contributed by atoms with van der Waals surface area (Å²) in [7, 11) is -3.63. The molecule has 2 heterocycles. The summed E-state index contributed by atoms with van der Waals surface area (Å²) >= 11 is 0. The van der Waals surface area contributed by atoms with Gasteiger partial charge in [-0.1, -0.05) is 13.8 Å². The molecule has 33 heavy (non-hydrogen) atoms. The van der Waals surface area contributed by atoms with E-state index in [0.29, 0.717) is 24.4 Å². The predicted octanol–water partition coefficient (Wildman–Crippen LogP) is 2.70. The van der Waals surface area contributed by atoms with Gasteiger partial charge in [-0.15, -0.1) is 0 Å². The molecule has 0 unspecified atom stereocenters. The smallest absolute Gasteiger partial charge is 0.363 e. The molecule has 4 rings (SSSR count). The molecule has 0 aromatic heterocycles. The Labute approximate surface area is 189 Å². The van der Waals surface area contributed by atoms with Crippen molar-refractivity contribution in [1.29, 1.82) is 0 Å². The fourth-order valence-electron chi connectivity index (χ4n) is 3.38. The van der Waals surface area contributed by atoms with Crippen molar-refractivity contribution in [2.45, 2.75) is 18.7 Å². The number of esters is 1. The van der Waals surface area contributed by atoms with E-state index in [0.717, 1.165) is 0 Å². The van der Waals surface area contributed by atoms with Crippen molar-refractivity contribution in [1.82, 2.24) is 4.31 Å². The lowest BCUT2D eigenvalue weighted by molar-refractivity contribution is -0.385. The van der Waals surface area contributed by atoms with Gasteiger partial charge in [-0.3, -0.25) is 10.1 Å². The summed E-state index contributed by atoms with van der Waals surface area (Å²) in [5.41, 5.74) is 0.0493. The van der Waals surface area contributed by atoms with E-state index in [-0.39, 0.29) is 40.3 Å². The fourth-order valence-corrected chi connectivity index (χ4v) is 4.84. The summed E-state index contributed by atoms with van der Waals surface area (Å²) in [4.78, 5) is 27.4. The average molecular weight is 473 g/mol. The lowest BCUT2D eigenvalue weighted by Gasteiger charge is -2.18. The van der Waals surface area contributed by atoms with E-state index in [1.807, 2.05) is 0 Å². The van der Waals surface area contributed by atoms with Crippen molar-refractivity contribution < 1.29 is 32.3 Å². The highest BCUT2D eigenvalue weighted by Gasteiger charge is 2.28. The second-order valence-corrected chi connectivity index (χ2v) is 8.91. The molecule has 0 fully saturated rings. The average Bonchev–Trinajstić information content (AvgIpc) is 3.40. The normalized spacial score (nSPS) is 16.3. The molecule has 2 aliphatic heterocycles. The molecular weight excluding hydrogens is 454 g/mol. The number of nitro groups is 1. The summed E-state index contributed by atoms with van der Waals surface area (Å²) in [6.07, 6.45) is 1.23. The van der Waals surface area contributed by atoms with E-state index in [4.69, 9.17) is 14.2 Å². The summed E-state index contributed by atoms with van der Waals surface area (Å²) < 4.78 is 42.2. The van der Waals surface area contributed by atoms with Gasteiger partial charge in [0, 0.05) is 18.7 Å². The van der Waals surface area contributed by atoms with Gasteiger partial charge in [-0.05, 0) is 36.4 Å². The number of benzene rings is 2. The topological polar surface area (TPSA) is 138 Å². The molecule has 0 aliphatic carbocycles. The number of nitro benzene ring substituents is 1. The molecule has 0 N–H and O–H groups in total. The molecular formula is C21H19N3O8S. The van der Waals surface area contributed by atoms with Gasteiger partial charge in [0.05, 0.1) is 21.4 Å². The number of hydrogen-bond acceptors (Lipinski definition) is 9. The molecule has 0 radical (unpaired) electrons. The largest absolute Gasteiger partial charge is 0.454 e. The van der Waals surface area contributed by atoms with E-state index in [1.165, 1.54) is 46.8 Å². The van der Waals surface area contributed by atoms with Gasteiger partial charge in [0.1, 0.15) is 0 Å². The summed E-state index contributed by atoms with van der Waals surface area (Å²) in [5, 5.41) is 11.4. The minimum absolute atomic E-state index is 0.0403. The Kier molecular flexibility index (Phi) is 5.87. The number of hydrogen-bond donors (Lipinski definition) is 0. The minimum Gasteiger partial charge on any atom is -0.454 e. The summed E-state index contributed by atoms with van der Waals surface area (Å²) in [6, 6.07) is 8.38. The number of ether oxygens (including phenoxy) is 3. The van der Waals surface area contributed by atoms with Crippen LogP contribution in [-0.2, 0) is 19.6 Å². The van der Waals surface area contributed by atoms with Crippen LogP contribution in [0.5, 0.6) is 11.5 Å². The van der Waals surface area contributed by atoms with Crippen molar-refractivity contribution in [3.05, 3.63) is 63.3 Å².